The minimum absolute atomic E-state index is 0.0533. The number of aldehydes is 1. The summed E-state index contributed by atoms with van der Waals surface area (Å²) in [6, 6.07) is 0. The Kier molecular flexibility index (Phi) is 4.92. The van der Waals surface area contributed by atoms with E-state index in [1.54, 1.807) is 0 Å². The van der Waals surface area contributed by atoms with E-state index in [2.05, 4.69) is 4.72 Å². The molecule has 0 spiro atoms. The number of hydrogen-bond donors (Lipinski definition) is 1. The first-order chi connectivity index (χ1) is 7.47. The highest BCUT2D eigenvalue weighted by Gasteiger charge is 2.31. The van der Waals surface area contributed by atoms with Gasteiger partial charge < -0.3 is 4.79 Å². The Morgan fingerprint density at radius 1 is 1.25 bits per heavy atom. The van der Waals surface area contributed by atoms with Gasteiger partial charge in [-0.3, -0.25) is 0 Å². The van der Waals surface area contributed by atoms with E-state index in [0.717, 1.165) is 38.4 Å². The van der Waals surface area contributed by atoms with Crippen molar-refractivity contribution in [2.45, 2.75) is 44.9 Å². The van der Waals surface area contributed by atoms with Crippen molar-refractivity contribution >= 4 is 16.3 Å². The molecule has 16 heavy (non-hydrogen) atoms. The molecule has 4 nitrogen and oxygen atoms in total. The van der Waals surface area contributed by atoms with E-state index in [1.807, 2.05) is 0 Å². The molecule has 5 heteroatoms. The molecule has 0 radical (unpaired) electrons. The van der Waals surface area contributed by atoms with E-state index in [1.165, 1.54) is 12.7 Å². The molecule has 1 aliphatic carbocycles. The van der Waals surface area contributed by atoms with Crippen molar-refractivity contribution in [2.24, 2.45) is 5.41 Å². The molecule has 0 amide bonds. The molecule has 0 aromatic heterocycles. The van der Waals surface area contributed by atoms with Crippen LogP contribution < -0.4 is 4.72 Å². The predicted molar refractivity (Wildman–Crippen MR) is 63.7 cm³/mol. The highest BCUT2D eigenvalue weighted by atomic mass is 32.2. The van der Waals surface area contributed by atoms with Gasteiger partial charge in [-0.2, -0.15) is 0 Å². The van der Waals surface area contributed by atoms with E-state index in [-0.39, 0.29) is 5.41 Å². The molecule has 0 aromatic carbocycles. The molecule has 0 aromatic rings. The van der Waals surface area contributed by atoms with Crippen molar-refractivity contribution in [1.29, 1.82) is 0 Å². The van der Waals surface area contributed by atoms with Gasteiger partial charge in [0.05, 0.1) is 6.26 Å². The quantitative estimate of drug-likeness (QED) is 0.723. The average molecular weight is 247 g/mol. The van der Waals surface area contributed by atoms with Crippen LogP contribution in [-0.4, -0.2) is 27.5 Å². The Labute approximate surface area is 97.9 Å². The predicted octanol–water partition coefficient (Wildman–Crippen LogP) is 1.47. The van der Waals surface area contributed by atoms with Gasteiger partial charge in [-0.15, -0.1) is 0 Å². The van der Waals surface area contributed by atoms with Gasteiger partial charge in [-0.25, -0.2) is 13.1 Å². The topological polar surface area (TPSA) is 63.2 Å². The van der Waals surface area contributed by atoms with Gasteiger partial charge in [0.2, 0.25) is 10.0 Å². The number of rotatable bonds is 6. The van der Waals surface area contributed by atoms with Crippen LogP contribution in [0.25, 0.3) is 0 Å². The zero-order valence-corrected chi connectivity index (χ0v) is 10.7. The molecule has 0 bridgehead atoms. The fraction of sp³-hybridized carbons (Fsp3) is 0.909. The molecule has 1 N–H and O–H groups in total. The van der Waals surface area contributed by atoms with Crippen molar-refractivity contribution < 1.29 is 13.2 Å². The fourth-order valence-corrected chi connectivity index (χ4v) is 3.01. The summed E-state index contributed by atoms with van der Waals surface area (Å²) in [5.41, 5.74) is 0.0533. The monoisotopic (exact) mass is 247 g/mol. The molecule has 0 unspecified atom stereocenters. The third-order valence-electron chi connectivity index (χ3n) is 3.45. The second-order valence-corrected chi connectivity index (χ2v) is 6.68. The Balaban J connectivity index is 2.47. The highest BCUT2D eigenvalue weighted by Crippen LogP contribution is 2.41. The molecule has 1 rings (SSSR count). The highest BCUT2D eigenvalue weighted by molar-refractivity contribution is 7.88. The van der Waals surface area contributed by atoms with Gasteiger partial charge in [-0.05, 0) is 24.7 Å². The minimum Gasteiger partial charge on any atom is -0.303 e. The summed E-state index contributed by atoms with van der Waals surface area (Å²) in [6.07, 6.45) is 9.15. The zero-order valence-electron chi connectivity index (χ0n) is 9.87. The molecule has 0 aliphatic heterocycles. The maximum atomic E-state index is 11.0. The molecule has 1 fully saturated rings. The second-order valence-electron chi connectivity index (χ2n) is 4.85. The summed E-state index contributed by atoms with van der Waals surface area (Å²) >= 11 is 0. The summed E-state index contributed by atoms with van der Waals surface area (Å²) in [4.78, 5) is 10.7. The summed E-state index contributed by atoms with van der Waals surface area (Å²) in [7, 11) is -3.10. The Hall–Kier alpha value is -0.420. The van der Waals surface area contributed by atoms with Crippen LogP contribution in [0.15, 0.2) is 0 Å². The molecule has 94 valence electrons. The number of nitrogens with one attached hydrogen (secondary N) is 1. The molecule has 1 saturated carbocycles. The van der Waals surface area contributed by atoms with E-state index in [0.29, 0.717) is 13.0 Å². The van der Waals surface area contributed by atoms with Gasteiger partial charge in [0.25, 0.3) is 0 Å². The van der Waals surface area contributed by atoms with Crippen molar-refractivity contribution in [3.63, 3.8) is 0 Å². The lowest BCUT2D eigenvalue weighted by Gasteiger charge is -2.36. The van der Waals surface area contributed by atoms with E-state index in [4.69, 9.17) is 0 Å². The molecule has 0 atom stereocenters. The fourth-order valence-electron chi connectivity index (χ4n) is 2.54. The van der Waals surface area contributed by atoms with Crippen molar-refractivity contribution in [2.75, 3.05) is 12.8 Å². The smallest absolute Gasteiger partial charge is 0.208 e. The largest absolute Gasteiger partial charge is 0.303 e. The molecule has 0 saturated heterocycles. The molecule has 0 heterocycles. The summed E-state index contributed by atoms with van der Waals surface area (Å²) < 4.78 is 24.4. The maximum Gasteiger partial charge on any atom is 0.208 e. The average Bonchev–Trinajstić information content (AvgIpc) is 2.17. The third-order valence-corrected chi connectivity index (χ3v) is 4.18. The Morgan fingerprint density at radius 2 is 1.88 bits per heavy atom. The minimum atomic E-state index is -3.10. The van der Waals surface area contributed by atoms with Crippen LogP contribution in [0.4, 0.5) is 0 Å². The Bertz CT molecular complexity index is 318. The van der Waals surface area contributed by atoms with Crippen LogP contribution in [0.1, 0.15) is 44.9 Å². The second kappa shape index (κ2) is 5.77. The first-order valence-electron chi connectivity index (χ1n) is 5.86. The number of carbonyl (C=O) groups excluding carboxylic acids is 1. The van der Waals surface area contributed by atoms with Gasteiger partial charge in [0.1, 0.15) is 6.29 Å². The Morgan fingerprint density at radius 3 is 2.38 bits per heavy atom. The van der Waals surface area contributed by atoms with E-state index < -0.39 is 10.0 Å². The lowest BCUT2D eigenvalue weighted by molar-refractivity contribution is -0.110. The third kappa shape index (κ3) is 4.61. The molecular formula is C11H21NO3S. The van der Waals surface area contributed by atoms with E-state index >= 15 is 0 Å². The van der Waals surface area contributed by atoms with Crippen LogP contribution in [0.5, 0.6) is 0 Å². The van der Waals surface area contributed by atoms with Crippen LogP contribution in [-0.2, 0) is 14.8 Å². The van der Waals surface area contributed by atoms with Gasteiger partial charge >= 0.3 is 0 Å². The van der Waals surface area contributed by atoms with Crippen LogP contribution in [0.2, 0.25) is 0 Å². The first kappa shape index (κ1) is 13.6. The summed E-state index contributed by atoms with van der Waals surface area (Å²) in [5, 5.41) is 0. The van der Waals surface area contributed by atoms with Crippen LogP contribution in [0.3, 0.4) is 0 Å². The molecule has 1 aliphatic rings. The van der Waals surface area contributed by atoms with E-state index in [9.17, 15) is 13.2 Å². The van der Waals surface area contributed by atoms with Gasteiger partial charge in [-0.1, -0.05) is 19.3 Å². The molecular weight excluding hydrogens is 226 g/mol. The normalized spacial score (nSPS) is 20.6. The first-order valence-corrected chi connectivity index (χ1v) is 7.75. The summed E-state index contributed by atoms with van der Waals surface area (Å²) in [5.74, 6) is 0. The van der Waals surface area contributed by atoms with Gasteiger partial charge in [0, 0.05) is 13.0 Å². The zero-order chi connectivity index (χ0) is 12.1. The number of hydrogen-bond acceptors (Lipinski definition) is 3. The van der Waals surface area contributed by atoms with Crippen LogP contribution in [0, 0.1) is 5.41 Å². The number of sulfonamides is 1. The number of carbonyl (C=O) groups is 1. The van der Waals surface area contributed by atoms with Gasteiger partial charge in [0.15, 0.2) is 0 Å². The van der Waals surface area contributed by atoms with Crippen molar-refractivity contribution in [1.82, 2.24) is 4.72 Å². The lowest BCUT2D eigenvalue weighted by Crippen LogP contribution is -2.31. The maximum absolute atomic E-state index is 11.0. The SMILES string of the molecule is CS(=O)(=O)NCCC1(CC=O)CCCCC1. The van der Waals surface area contributed by atoms with Crippen LogP contribution >= 0.6 is 0 Å². The van der Waals surface area contributed by atoms with Crippen molar-refractivity contribution in [3.8, 4) is 0 Å². The standard InChI is InChI=1S/C11H21NO3S/c1-16(14,15)12-9-7-11(8-10-13)5-3-2-4-6-11/h10,12H,2-9H2,1H3. The summed E-state index contributed by atoms with van der Waals surface area (Å²) in [6.45, 7) is 0.451. The van der Waals surface area contributed by atoms with Crippen molar-refractivity contribution in [3.05, 3.63) is 0 Å². The lowest BCUT2D eigenvalue weighted by atomic mass is 9.70.